The SMILES string of the molecule is CCCCCC(=O)Nc1sc2c(c1C(=O)OC)CC[C@H](CC)C2. The van der Waals surface area contributed by atoms with Crippen LogP contribution in [0.4, 0.5) is 5.00 Å². The maximum absolute atomic E-state index is 12.2. The number of hydrogen-bond donors (Lipinski definition) is 1. The average Bonchev–Trinajstić information content (AvgIpc) is 2.90. The summed E-state index contributed by atoms with van der Waals surface area (Å²) < 4.78 is 4.95. The molecule has 2 rings (SSSR count). The van der Waals surface area contributed by atoms with E-state index in [0.29, 0.717) is 22.9 Å². The van der Waals surface area contributed by atoms with E-state index >= 15 is 0 Å². The smallest absolute Gasteiger partial charge is 0.341 e. The molecule has 0 aliphatic heterocycles. The summed E-state index contributed by atoms with van der Waals surface area (Å²) >= 11 is 1.56. The highest BCUT2D eigenvalue weighted by molar-refractivity contribution is 7.17. The Kier molecular flexibility index (Phi) is 6.63. The Hall–Kier alpha value is -1.36. The molecular formula is C18H27NO3S. The number of amides is 1. The first kappa shape index (κ1) is 18.0. The molecule has 0 saturated carbocycles. The molecule has 4 nitrogen and oxygen atoms in total. The quantitative estimate of drug-likeness (QED) is 0.586. The molecule has 0 saturated heterocycles. The van der Waals surface area contributed by atoms with Crippen LogP contribution in [0.5, 0.6) is 0 Å². The Morgan fingerprint density at radius 3 is 2.74 bits per heavy atom. The van der Waals surface area contributed by atoms with E-state index in [0.717, 1.165) is 50.5 Å². The van der Waals surface area contributed by atoms with Crippen LogP contribution in [0.1, 0.15) is 73.2 Å². The third kappa shape index (κ3) is 4.34. The van der Waals surface area contributed by atoms with Crippen LogP contribution in [-0.4, -0.2) is 19.0 Å². The molecule has 1 aromatic rings. The summed E-state index contributed by atoms with van der Waals surface area (Å²) in [6, 6.07) is 0. The number of thiophene rings is 1. The van der Waals surface area contributed by atoms with Gasteiger partial charge in [-0.05, 0) is 37.2 Å². The molecule has 0 aromatic carbocycles. The summed E-state index contributed by atoms with van der Waals surface area (Å²) in [5.74, 6) is 0.343. The number of methoxy groups -OCH3 is 1. The molecule has 128 valence electrons. The van der Waals surface area contributed by atoms with Crippen molar-refractivity contribution in [3.8, 4) is 0 Å². The highest BCUT2D eigenvalue weighted by Crippen LogP contribution is 2.40. The molecule has 0 bridgehead atoms. The number of hydrogen-bond acceptors (Lipinski definition) is 4. The van der Waals surface area contributed by atoms with Crippen LogP contribution in [0.25, 0.3) is 0 Å². The zero-order valence-electron chi connectivity index (χ0n) is 14.4. The minimum Gasteiger partial charge on any atom is -0.465 e. The second kappa shape index (κ2) is 8.48. The van der Waals surface area contributed by atoms with Crippen LogP contribution >= 0.6 is 11.3 Å². The fraction of sp³-hybridized carbons (Fsp3) is 0.667. The van der Waals surface area contributed by atoms with Gasteiger partial charge in [0.25, 0.3) is 0 Å². The number of fused-ring (bicyclic) bond motifs is 1. The third-order valence-electron chi connectivity index (χ3n) is 4.59. The molecular weight excluding hydrogens is 310 g/mol. The van der Waals surface area contributed by atoms with Crippen molar-refractivity contribution in [2.24, 2.45) is 5.92 Å². The van der Waals surface area contributed by atoms with Crippen molar-refractivity contribution < 1.29 is 14.3 Å². The van der Waals surface area contributed by atoms with Gasteiger partial charge in [-0.3, -0.25) is 4.79 Å². The summed E-state index contributed by atoms with van der Waals surface area (Å²) in [6.07, 6.45) is 7.71. The largest absolute Gasteiger partial charge is 0.465 e. The molecule has 0 fully saturated rings. The van der Waals surface area contributed by atoms with Crippen molar-refractivity contribution in [3.63, 3.8) is 0 Å². The lowest BCUT2D eigenvalue weighted by Gasteiger charge is -2.20. The van der Waals surface area contributed by atoms with Gasteiger partial charge >= 0.3 is 5.97 Å². The Morgan fingerprint density at radius 2 is 2.09 bits per heavy atom. The number of esters is 1. The van der Waals surface area contributed by atoms with Gasteiger partial charge in [0.2, 0.25) is 5.91 Å². The van der Waals surface area contributed by atoms with Crippen molar-refractivity contribution in [2.45, 2.75) is 65.2 Å². The van der Waals surface area contributed by atoms with E-state index in [2.05, 4.69) is 19.2 Å². The fourth-order valence-corrected chi connectivity index (χ4v) is 4.50. The van der Waals surface area contributed by atoms with Gasteiger partial charge < -0.3 is 10.1 Å². The lowest BCUT2D eigenvalue weighted by atomic mass is 9.85. The van der Waals surface area contributed by atoms with Gasteiger partial charge in [-0.25, -0.2) is 4.79 Å². The van der Waals surface area contributed by atoms with Crippen LogP contribution in [0.15, 0.2) is 0 Å². The Labute approximate surface area is 142 Å². The molecule has 1 aliphatic rings. The second-order valence-corrected chi connectivity index (χ2v) is 7.33. The Morgan fingerprint density at radius 1 is 1.30 bits per heavy atom. The number of rotatable bonds is 7. The van der Waals surface area contributed by atoms with E-state index in [1.54, 1.807) is 11.3 Å². The van der Waals surface area contributed by atoms with Crippen LogP contribution in [-0.2, 0) is 22.4 Å². The molecule has 0 spiro atoms. The molecule has 5 heteroatoms. The number of unbranched alkanes of at least 4 members (excludes halogenated alkanes) is 2. The monoisotopic (exact) mass is 337 g/mol. The van der Waals surface area contributed by atoms with E-state index in [1.165, 1.54) is 12.0 Å². The highest BCUT2D eigenvalue weighted by atomic mass is 32.1. The van der Waals surface area contributed by atoms with E-state index in [4.69, 9.17) is 4.74 Å². The molecule has 0 radical (unpaired) electrons. The third-order valence-corrected chi connectivity index (χ3v) is 5.76. The Bertz CT molecular complexity index is 565. The number of ether oxygens (including phenoxy) is 1. The number of carbonyl (C=O) groups excluding carboxylic acids is 2. The van der Waals surface area contributed by atoms with Crippen molar-refractivity contribution in [1.82, 2.24) is 0 Å². The highest BCUT2D eigenvalue weighted by Gasteiger charge is 2.29. The number of carbonyl (C=O) groups is 2. The Balaban J connectivity index is 2.19. The summed E-state index contributed by atoms with van der Waals surface area (Å²) in [6.45, 7) is 4.33. The van der Waals surface area contributed by atoms with E-state index in [-0.39, 0.29) is 11.9 Å². The summed E-state index contributed by atoms with van der Waals surface area (Å²) in [5, 5.41) is 3.63. The van der Waals surface area contributed by atoms with E-state index in [9.17, 15) is 9.59 Å². The second-order valence-electron chi connectivity index (χ2n) is 6.22. The van der Waals surface area contributed by atoms with Crippen LogP contribution in [0.2, 0.25) is 0 Å². The molecule has 1 aromatic heterocycles. The van der Waals surface area contributed by atoms with Gasteiger partial charge in [0, 0.05) is 11.3 Å². The summed E-state index contributed by atoms with van der Waals surface area (Å²) in [7, 11) is 1.40. The maximum atomic E-state index is 12.2. The zero-order chi connectivity index (χ0) is 16.8. The lowest BCUT2D eigenvalue weighted by Crippen LogP contribution is -2.16. The first-order chi connectivity index (χ1) is 11.1. The van der Waals surface area contributed by atoms with Gasteiger partial charge in [-0.2, -0.15) is 0 Å². The van der Waals surface area contributed by atoms with Crippen molar-refractivity contribution >= 4 is 28.2 Å². The molecule has 1 amide bonds. The van der Waals surface area contributed by atoms with Crippen LogP contribution < -0.4 is 5.32 Å². The van der Waals surface area contributed by atoms with Gasteiger partial charge in [0.15, 0.2) is 0 Å². The van der Waals surface area contributed by atoms with Gasteiger partial charge in [0.05, 0.1) is 12.7 Å². The molecule has 23 heavy (non-hydrogen) atoms. The maximum Gasteiger partial charge on any atom is 0.341 e. The predicted molar refractivity (Wildman–Crippen MR) is 94.2 cm³/mol. The molecule has 1 aliphatic carbocycles. The predicted octanol–water partition coefficient (Wildman–Crippen LogP) is 4.57. The van der Waals surface area contributed by atoms with Gasteiger partial charge in [0.1, 0.15) is 5.00 Å². The van der Waals surface area contributed by atoms with Gasteiger partial charge in [-0.15, -0.1) is 11.3 Å². The first-order valence-corrected chi connectivity index (χ1v) is 9.44. The minimum atomic E-state index is -0.332. The van der Waals surface area contributed by atoms with Gasteiger partial charge in [-0.1, -0.05) is 33.1 Å². The summed E-state index contributed by atoms with van der Waals surface area (Å²) in [4.78, 5) is 25.6. The normalized spacial score (nSPS) is 16.7. The molecule has 0 unspecified atom stereocenters. The lowest BCUT2D eigenvalue weighted by molar-refractivity contribution is -0.116. The van der Waals surface area contributed by atoms with Crippen LogP contribution in [0.3, 0.4) is 0 Å². The van der Waals surface area contributed by atoms with Crippen molar-refractivity contribution in [1.29, 1.82) is 0 Å². The fourth-order valence-electron chi connectivity index (χ4n) is 3.13. The van der Waals surface area contributed by atoms with Crippen LogP contribution in [0, 0.1) is 5.92 Å². The van der Waals surface area contributed by atoms with Crippen molar-refractivity contribution in [2.75, 3.05) is 12.4 Å². The number of nitrogens with one attached hydrogen (secondary N) is 1. The number of anilines is 1. The van der Waals surface area contributed by atoms with E-state index < -0.39 is 0 Å². The first-order valence-electron chi connectivity index (χ1n) is 8.63. The standard InChI is InChI=1S/C18H27NO3S/c1-4-6-7-8-15(20)19-17-16(18(21)22-3)13-10-9-12(5-2)11-14(13)23-17/h12H,4-11H2,1-3H3,(H,19,20)/t12-/m0/s1. The molecule has 1 N–H and O–H groups in total. The topological polar surface area (TPSA) is 55.4 Å². The molecule has 1 atom stereocenters. The minimum absolute atomic E-state index is 0.00533. The van der Waals surface area contributed by atoms with E-state index in [1.807, 2.05) is 0 Å². The molecule has 1 heterocycles. The summed E-state index contributed by atoms with van der Waals surface area (Å²) in [5.41, 5.74) is 1.68. The average molecular weight is 337 g/mol. The van der Waals surface area contributed by atoms with Crippen molar-refractivity contribution in [3.05, 3.63) is 16.0 Å². The zero-order valence-corrected chi connectivity index (χ0v) is 15.2.